The number of aryl methyl sites for hydroxylation is 2. The summed E-state index contributed by atoms with van der Waals surface area (Å²) in [6, 6.07) is 9.10. The first-order chi connectivity index (χ1) is 12.2. The van der Waals surface area contributed by atoms with Gasteiger partial charge in [0.25, 0.3) is 0 Å². The maximum atomic E-state index is 12.1. The Morgan fingerprint density at radius 3 is 2.88 bits per heavy atom. The first kappa shape index (κ1) is 17.4. The molecule has 1 aromatic heterocycles. The van der Waals surface area contributed by atoms with E-state index in [1.165, 1.54) is 0 Å². The molecule has 1 aliphatic carbocycles. The van der Waals surface area contributed by atoms with Gasteiger partial charge in [0.2, 0.25) is 11.8 Å². The van der Waals surface area contributed by atoms with E-state index in [-0.39, 0.29) is 24.5 Å². The van der Waals surface area contributed by atoms with E-state index in [1.807, 2.05) is 37.3 Å². The first-order valence-corrected chi connectivity index (χ1v) is 8.66. The highest BCUT2D eigenvalue weighted by atomic mass is 16.5. The quantitative estimate of drug-likeness (QED) is 0.792. The number of amides is 1. The molecular weight excluding hydrogens is 322 g/mol. The van der Waals surface area contributed by atoms with E-state index in [9.17, 15) is 9.90 Å². The zero-order valence-corrected chi connectivity index (χ0v) is 14.2. The standard InChI is InChI=1S/C18H23N3O4/c1-2-15-20-17(25-21-15)11-10-16(22)19-13-8-9-14(18(13)23)24-12-6-4-3-5-7-12/h3-7,13-14,18,23H,2,8-11H2,1H3,(H,19,22)/t13-,14-,18-/m1/s1. The summed E-state index contributed by atoms with van der Waals surface area (Å²) in [6.07, 6.45) is 1.70. The molecule has 0 bridgehead atoms. The lowest BCUT2D eigenvalue weighted by Crippen LogP contribution is -2.44. The molecule has 0 aliphatic heterocycles. The maximum absolute atomic E-state index is 12.1. The number of hydrogen-bond acceptors (Lipinski definition) is 6. The van der Waals surface area contributed by atoms with Gasteiger partial charge in [0, 0.05) is 19.3 Å². The minimum absolute atomic E-state index is 0.138. The van der Waals surface area contributed by atoms with Crippen LogP contribution in [0.4, 0.5) is 0 Å². The van der Waals surface area contributed by atoms with Crippen LogP contribution in [0.5, 0.6) is 5.75 Å². The van der Waals surface area contributed by atoms with Crippen LogP contribution in [0.3, 0.4) is 0 Å². The molecule has 0 radical (unpaired) electrons. The normalized spacial score (nSPS) is 22.7. The monoisotopic (exact) mass is 345 g/mol. The van der Waals surface area contributed by atoms with Gasteiger partial charge in [-0.25, -0.2) is 0 Å². The van der Waals surface area contributed by atoms with Gasteiger partial charge in [-0.3, -0.25) is 4.79 Å². The van der Waals surface area contributed by atoms with E-state index in [4.69, 9.17) is 9.26 Å². The molecule has 3 rings (SSSR count). The highest BCUT2D eigenvalue weighted by molar-refractivity contribution is 5.76. The second kappa shape index (κ2) is 8.11. The summed E-state index contributed by atoms with van der Waals surface area (Å²) in [5, 5.41) is 17.1. The van der Waals surface area contributed by atoms with Crippen molar-refractivity contribution in [2.24, 2.45) is 0 Å². The lowest BCUT2D eigenvalue weighted by Gasteiger charge is -2.21. The van der Waals surface area contributed by atoms with Crippen molar-refractivity contribution in [3.8, 4) is 5.75 Å². The Morgan fingerprint density at radius 1 is 1.36 bits per heavy atom. The van der Waals surface area contributed by atoms with Gasteiger partial charge in [0.15, 0.2) is 5.82 Å². The Labute approximate surface area is 146 Å². The number of benzene rings is 1. The lowest BCUT2D eigenvalue weighted by molar-refractivity contribution is -0.122. The highest BCUT2D eigenvalue weighted by Gasteiger charge is 2.37. The molecule has 1 heterocycles. The fraction of sp³-hybridized carbons (Fsp3) is 0.500. The summed E-state index contributed by atoms with van der Waals surface area (Å²) in [5.74, 6) is 1.69. The number of hydrogen-bond donors (Lipinski definition) is 2. The Hall–Kier alpha value is -2.41. The van der Waals surface area contributed by atoms with Crippen LogP contribution in [0.15, 0.2) is 34.9 Å². The number of nitrogens with one attached hydrogen (secondary N) is 1. The molecule has 1 saturated carbocycles. The van der Waals surface area contributed by atoms with Gasteiger partial charge < -0.3 is 19.7 Å². The van der Waals surface area contributed by atoms with Crippen LogP contribution in [0.2, 0.25) is 0 Å². The van der Waals surface area contributed by atoms with Crippen molar-refractivity contribution in [2.45, 2.75) is 57.3 Å². The topological polar surface area (TPSA) is 97.5 Å². The average molecular weight is 345 g/mol. The van der Waals surface area contributed by atoms with Crippen LogP contribution in [0.1, 0.15) is 37.9 Å². The molecular formula is C18H23N3O4. The molecule has 1 amide bonds. The SMILES string of the molecule is CCc1noc(CCC(=O)N[C@@H]2CC[C@@H](Oc3ccccc3)[C@@H]2O)n1. The summed E-state index contributed by atoms with van der Waals surface area (Å²) in [5.41, 5.74) is 0. The zero-order valence-electron chi connectivity index (χ0n) is 14.2. The smallest absolute Gasteiger partial charge is 0.227 e. The Bertz CT molecular complexity index is 689. The van der Waals surface area contributed by atoms with Crippen LogP contribution in [-0.4, -0.2) is 39.4 Å². The van der Waals surface area contributed by atoms with Gasteiger partial charge in [-0.15, -0.1) is 0 Å². The molecule has 2 N–H and O–H groups in total. The minimum atomic E-state index is -0.723. The van der Waals surface area contributed by atoms with E-state index in [0.717, 1.165) is 5.75 Å². The lowest BCUT2D eigenvalue weighted by atomic mass is 10.2. The van der Waals surface area contributed by atoms with Crippen LogP contribution in [0, 0.1) is 0 Å². The Morgan fingerprint density at radius 2 is 2.16 bits per heavy atom. The average Bonchev–Trinajstić information content (AvgIpc) is 3.23. The van der Waals surface area contributed by atoms with E-state index < -0.39 is 6.10 Å². The van der Waals surface area contributed by atoms with Crippen LogP contribution < -0.4 is 10.1 Å². The fourth-order valence-corrected chi connectivity index (χ4v) is 2.94. The van der Waals surface area contributed by atoms with Crippen LogP contribution in [0.25, 0.3) is 0 Å². The molecule has 1 aliphatic rings. The number of aliphatic hydroxyl groups excluding tert-OH is 1. The number of aliphatic hydroxyl groups is 1. The summed E-state index contributed by atoms with van der Waals surface area (Å²) >= 11 is 0. The van der Waals surface area contributed by atoms with Gasteiger partial charge in [-0.2, -0.15) is 4.98 Å². The second-order valence-electron chi connectivity index (χ2n) is 6.17. The third-order valence-corrected chi connectivity index (χ3v) is 4.32. The number of rotatable bonds is 7. The molecule has 0 spiro atoms. The van der Waals surface area contributed by atoms with Crippen LogP contribution >= 0.6 is 0 Å². The van der Waals surface area contributed by atoms with Crippen molar-refractivity contribution in [1.82, 2.24) is 15.5 Å². The van der Waals surface area contributed by atoms with Crippen molar-refractivity contribution in [2.75, 3.05) is 0 Å². The molecule has 7 heteroatoms. The number of para-hydroxylation sites is 1. The fourth-order valence-electron chi connectivity index (χ4n) is 2.94. The van der Waals surface area contributed by atoms with Crippen molar-refractivity contribution >= 4 is 5.91 Å². The second-order valence-corrected chi connectivity index (χ2v) is 6.17. The number of ether oxygens (including phenoxy) is 1. The van der Waals surface area contributed by atoms with Gasteiger partial charge >= 0.3 is 0 Å². The highest BCUT2D eigenvalue weighted by Crippen LogP contribution is 2.25. The Kier molecular flexibility index (Phi) is 5.65. The summed E-state index contributed by atoms with van der Waals surface area (Å²) in [6.45, 7) is 1.94. The van der Waals surface area contributed by atoms with Crippen molar-refractivity contribution in [3.05, 3.63) is 42.0 Å². The van der Waals surface area contributed by atoms with E-state index >= 15 is 0 Å². The van der Waals surface area contributed by atoms with Crippen molar-refractivity contribution in [3.63, 3.8) is 0 Å². The molecule has 3 atom stereocenters. The predicted octanol–water partition coefficient (Wildman–Crippen LogP) is 1.65. The third kappa shape index (κ3) is 4.57. The maximum Gasteiger partial charge on any atom is 0.227 e. The molecule has 7 nitrogen and oxygen atoms in total. The summed E-state index contributed by atoms with van der Waals surface area (Å²) in [7, 11) is 0. The van der Waals surface area contributed by atoms with Gasteiger partial charge in [-0.05, 0) is 25.0 Å². The largest absolute Gasteiger partial charge is 0.488 e. The van der Waals surface area contributed by atoms with Crippen LogP contribution in [-0.2, 0) is 17.6 Å². The summed E-state index contributed by atoms with van der Waals surface area (Å²) < 4.78 is 10.9. The third-order valence-electron chi connectivity index (χ3n) is 4.32. The zero-order chi connectivity index (χ0) is 17.6. The Balaban J connectivity index is 1.45. The number of nitrogens with zero attached hydrogens (tertiary/aromatic N) is 2. The number of carbonyl (C=O) groups is 1. The number of aromatic nitrogens is 2. The van der Waals surface area contributed by atoms with E-state index in [0.29, 0.717) is 37.4 Å². The van der Waals surface area contributed by atoms with Crippen molar-refractivity contribution < 1.29 is 19.2 Å². The minimum Gasteiger partial charge on any atom is -0.488 e. The first-order valence-electron chi connectivity index (χ1n) is 8.66. The van der Waals surface area contributed by atoms with Gasteiger partial charge in [-0.1, -0.05) is 30.3 Å². The molecule has 2 aromatic rings. The molecule has 134 valence electrons. The van der Waals surface area contributed by atoms with Crippen molar-refractivity contribution in [1.29, 1.82) is 0 Å². The van der Waals surface area contributed by atoms with Gasteiger partial charge in [0.05, 0.1) is 6.04 Å². The van der Waals surface area contributed by atoms with E-state index in [2.05, 4.69) is 15.5 Å². The number of carbonyl (C=O) groups excluding carboxylic acids is 1. The molecule has 1 fully saturated rings. The molecule has 0 saturated heterocycles. The van der Waals surface area contributed by atoms with Gasteiger partial charge in [0.1, 0.15) is 18.0 Å². The molecule has 1 aromatic carbocycles. The molecule has 0 unspecified atom stereocenters. The predicted molar refractivity (Wildman–Crippen MR) is 90.0 cm³/mol. The van der Waals surface area contributed by atoms with E-state index in [1.54, 1.807) is 0 Å². The molecule has 25 heavy (non-hydrogen) atoms. The summed E-state index contributed by atoms with van der Waals surface area (Å²) in [4.78, 5) is 16.3.